The number of ether oxygens (including phenoxy) is 1. The quantitative estimate of drug-likeness (QED) is 0.603. The summed E-state index contributed by atoms with van der Waals surface area (Å²) in [5.41, 5.74) is 2.11. The summed E-state index contributed by atoms with van der Waals surface area (Å²) < 4.78 is 4.72. The number of hydrogen-bond acceptors (Lipinski definition) is 3. The molecule has 0 aliphatic rings. The van der Waals surface area contributed by atoms with Crippen molar-refractivity contribution in [3.63, 3.8) is 0 Å². The first-order chi connectivity index (χ1) is 11.5. The van der Waals surface area contributed by atoms with Gasteiger partial charge in [0.25, 0.3) is 0 Å². The average Bonchev–Trinajstić information content (AvgIpc) is 2.61. The van der Waals surface area contributed by atoms with E-state index < -0.39 is 5.97 Å². The van der Waals surface area contributed by atoms with Gasteiger partial charge < -0.3 is 15.4 Å². The van der Waals surface area contributed by atoms with Gasteiger partial charge >= 0.3 is 5.97 Å². The highest BCUT2D eigenvalue weighted by atomic mass is 35.5. The van der Waals surface area contributed by atoms with Gasteiger partial charge in [-0.2, -0.15) is 0 Å². The zero-order valence-electron chi connectivity index (χ0n) is 13.5. The Kier molecular flexibility index (Phi) is 6.58. The fourth-order valence-electron chi connectivity index (χ4n) is 2.29. The van der Waals surface area contributed by atoms with E-state index >= 15 is 0 Å². The number of methoxy groups -OCH3 is 1. The molecule has 0 radical (unpaired) electrons. The predicted molar refractivity (Wildman–Crippen MR) is 102 cm³/mol. The van der Waals surface area contributed by atoms with Crippen molar-refractivity contribution >= 4 is 40.6 Å². The number of hydrogen-bond donors (Lipinski definition) is 2. The zero-order valence-corrected chi connectivity index (χ0v) is 15.1. The van der Waals surface area contributed by atoms with Crippen LogP contribution < -0.4 is 10.6 Å². The van der Waals surface area contributed by atoms with Gasteiger partial charge in [0.05, 0.1) is 29.4 Å². The smallest absolute Gasteiger partial charge is 0.337 e. The van der Waals surface area contributed by atoms with Crippen molar-refractivity contribution in [2.75, 3.05) is 12.4 Å². The minimum absolute atomic E-state index is 0.0914. The van der Waals surface area contributed by atoms with E-state index in [1.165, 1.54) is 7.11 Å². The van der Waals surface area contributed by atoms with Crippen molar-refractivity contribution in [3.8, 4) is 0 Å². The van der Waals surface area contributed by atoms with Crippen molar-refractivity contribution in [3.05, 3.63) is 64.7 Å². The largest absolute Gasteiger partial charge is 0.465 e. The van der Waals surface area contributed by atoms with E-state index in [9.17, 15) is 4.79 Å². The average molecular weight is 363 g/mol. The number of benzene rings is 2. The maximum atomic E-state index is 11.6. The number of rotatable bonds is 5. The number of carbonyl (C=O) groups is 1. The molecule has 0 heterocycles. The summed E-state index contributed by atoms with van der Waals surface area (Å²) in [6, 6.07) is 15.0. The highest BCUT2D eigenvalue weighted by Gasteiger charge is 2.13. The van der Waals surface area contributed by atoms with Crippen LogP contribution in [-0.4, -0.2) is 18.2 Å². The molecule has 2 N–H and O–H groups in total. The first-order valence-corrected chi connectivity index (χ1v) is 8.34. The van der Waals surface area contributed by atoms with E-state index in [1.54, 1.807) is 18.2 Å². The van der Waals surface area contributed by atoms with E-state index in [4.69, 9.17) is 28.6 Å². The molecule has 0 bridgehead atoms. The molecule has 2 aromatic carbocycles. The third-order valence-corrected chi connectivity index (χ3v) is 4.10. The lowest BCUT2D eigenvalue weighted by Crippen LogP contribution is -2.32. The predicted octanol–water partition coefficient (Wildman–Crippen LogP) is 4.56. The zero-order chi connectivity index (χ0) is 17.5. The molecule has 0 aliphatic carbocycles. The maximum Gasteiger partial charge on any atom is 0.337 e. The fourth-order valence-corrected chi connectivity index (χ4v) is 2.71. The summed E-state index contributed by atoms with van der Waals surface area (Å²) in [6.45, 7) is 2.08. The fraction of sp³-hybridized carbons (Fsp3) is 0.222. The van der Waals surface area contributed by atoms with Crippen LogP contribution in [-0.2, 0) is 4.74 Å². The van der Waals surface area contributed by atoms with Gasteiger partial charge in [0, 0.05) is 0 Å². The van der Waals surface area contributed by atoms with Crippen LogP contribution in [0.5, 0.6) is 0 Å². The second-order valence-corrected chi connectivity index (χ2v) is 5.97. The van der Waals surface area contributed by atoms with Crippen molar-refractivity contribution < 1.29 is 9.53 Å². The summed E-state index contributed by atoms with van der Waals surface area (Å²) in [5.74, 6) is -0.427. The first kappa shape index (κ1) is 18.2. The molecule has 2 rings (SSSR count). The molecule has 126 valence electrons. The monoisotopic (exact) mass is 362 g/mol. The Labute approximate surface area is 152 Å². The Hall–Kier alpha value is -2.11. The number of esters is 1. The molecule has 1 atom stereocenters. The van der Waals surface area contributed by atoms with Gasteiger partial charge in [-0.05, 0) is 42.4 Å². The third-order valence-electron chi connectivity index (χ3n) is 3.55. The Morgan fingerprint density at radius 1 is 1.25 bits per heavy atom. The minimum atomic E-state index is -0.427. The molecular formula is C18H19ClN2O2S. The molecule has 0 aliphatic heterocycles. The van der Waals surface area contributed by atoms with Crippen LogP contribution in [0, 0.1) is 0 Å². The van der Waals surface area contributed by atoms with Crippen LogP contribution in [0.4, 0.5) is 5.69 Å². The van der Waals surface area contributed by atoms with Gasteiger partial charge in [-0.25, -0.2) is 4.79 Å². The number of halogens is 1. The Morgan fingerprint density at radius 3 is 2.58 bits per heavy atom. The number of anilines is 1. The first-order valence-electron chi connectivity index (χ1n) is 7.55. The SMILES string of the molecule is CCC(NC(=S)Nc1cc(C(=O)OC)ccc1Cl)c1ccccc1. The molecule has 0 amide bonds. The van der Waals surface area contributed by atoms with E-state index in [0.29, 0.717) is 21.4 Å². The van der Waals surface area contributed by atoms with Gasteiger partial charge in [-0.1, -0.05) is 48.9 Å². The molecular weight excluding hydrogens is 344 g/mol. The summed E-state index contributed by atoms with van der Waals surface area (Å²) in [6.07, 6.45) is 0.877. The van der Waals surface area contributed by atoms with Gasteiger partial charge in [-0.3, -0.25) is 0 Å². The van der Waals surface area contributed by atoms with Gasteiger partial charge in [0.15, 0.2) is 5.11 Å². The highest BCUT2D eigenvalue weighted by molar-refractivity contribution is 7.80. The standard InChI is InChI=1S/C18H19ClN2O2S/c1-3-15(12-7-5-4-6-8-12)20-18(24)21-16-11-13(17(22)23-2)9-10-14(16)19/h4-11,15H,3H2,1-2H3,(H2,20,21,24). The van der Waals surface area contributed by atoms with Crippen molar-refractivity contribution in [1.29, 1.82) is 0 Å². The molecule has 24 heavy (non-hydrogen) atoms. The molecule has 2 aromatic rings. The van der Waals surface area contributed by atoms with Crippen LogP contribution in [0.3, 0.4) is 0 Å². The molecule has 1 unspecified atom stereocenters. The van der Waals surface area contributed by atoms with E-state index in [-0.39, 0.29) is 6.04 Å². The molecule has 0 saturated carbocycles. The number of nitrogens with one attached hydrogen (secondary N) is 2. The summed E-state index contributed by atoms with van der Waals surface area (Å²) in [7, 11) is 1.34. The van der Waals surface area contributed by atoms with Crippen molar-refractivity contribution in [2.45, 2.75) is 19.4 Å². The van der Waals surface area contributed by atoms with Crippen molar-refractivity contribution in [1.82, 2.24) is 5.32 Å². The maximum absolute atomic E-state index is 11.6. The van der Waals surface area contributed by atoms with Gasteiger partial charge in [0.2, 0.25) is 0 Å². The summed E-state index contributed by atoms with van der Waals surface area (Å²) in [5, 5.41) is 7.22. The van der Waals surface area contributed by atoms with Crippen LogP contribution in [0.15, 0.2) is 48.5 Å². The molecule has 4 nitrogen and oxygen atoms in total. The second kappa shape index (κ2) is 8.66. The Morgan fingerprint density at radius 2 is 1.96 bits per heavy atom. The van der Waals surface area contributed by atoms with Gasteiger partial charge in [-0.15, -0.1) is 0 Å². The number of thiocarbonyl (C=S) groups is 1. The number of carbonyl (C=O) groups excluding carboxylic acids is 1. The van der Waals surface area contributed by atoms with Crippen molar-refractivity contribution in [2.24, 2.45) is 0 Å². The van der Waals surface area contributed by atoms with Crippen LogP contribution in [0.25, 0.3) is 0 Å². The van der Waals surface area contributed by atoms with Crippen LogP contribution in [0.2, 0.25) is 5.02 Å². The summed E-state index contributed by atoms with van der Waals surface area (Å²) in [4.78, 5) is 11.6. The molecule has 0 aromatic heterocycles. The Bertz CT molecular complexity index is 722. The van der Waals surface area contributed by atoms with Crippen LogP contribution >= 0.6 is 23.8 Å². The molecule has 0 spiro atoms. The lowest BCUT2D eigenvalue weighted by molar-refractivity contribution is 0.0601. The normalized spacial score (nSPS) is 11.5. The Balaban J connectivity index is 2.10. The van der Waals surface area contributed by atoms with E-state index in [2.05, 4.69) is 29.7 Å². The minimum Gasteiger partial charge on any atom is -0.465 e. The third kappa shape index (κ3) is 4.69. The lowest BCUT2D eigenvalue weighted by atomic mass is 10.1. The topological polar surface area (TPSA) is 50.4 Å². The van der Waals surface area contributed by atoms with E-state index in [1.807, 2.05) is 18.2 Å². The lowest BCUT2D eigenvalue weighted by Gasteiger charge is -2.20. The van der Waals surface area contributed by atoms with Crippen LogP contribution in [0.1, 0.15) is 35.3 Å². The molecule has 0 fully saturated rings. The second-order valence-electron chi connectivity index (χ2n) is 5.16. The molecule has 0 saturated heterocycles. The van der Waals surface area contributed by atoms with E-state index in [0.717, 1.165) is 12.0 Å². The molecule has 6 heteroatoms. The van der Waals surface area contributed by atoms with Gasteiger partial charge in [0.1, 0.15) is 0 Å². The highest BCUT2D eigenvalue weighted by Crippen LogP contribution is 2.24. The summed E-state index contributed by atoms with van der Waals surface area (Å²) >= 11 is 11.6.